The zero-order valence-electron chi connectivity index (χ0n) is 14.6. The number of hydrogen-bond acceptors (Lipinski definition) is 4. The molecular weight excluding hydrogens is 350 g/mol. The van der Waals surface area contributed by atoms with Crippen molar-refractivity contribution in [2.24, 2.45) is 5.92 Å². The zero-order valence-corrected chi connectivity index (χ0v) is 14.6. The number of fused-ring (bicyclic) bond motifs is 1. The van der Waals surface area contributed by atoms with E-state index in [1.165, 1.54) is 12.1 Å². The van der Waals surface area contributed by atoms with Crippen molar-refractivity contribution < 1.29 is 13.6 Å². The van der Waals surface area contributed by atoms with Gasteiger partial charge in [-0.25, -0.2) is 13.8 Å². The number of benzene rings is 1. The Morgan fingerprint density at radius 2 is 2.11 bits per heavy atom. The van der Waals surface area contributed by atoms with Crippen molar-refractivity contribution >= 4 is 11.7 Å². The quantitative estimate of drug-likeness (QED) is 0.835. The van der Waals surface area contributed by atoms with Crippen molar-refractivity contribution in [3.8, 4) is 6.07 Å². The number of hydrogen-bond donors (Lipinski definition) is 0. The molecule has 0 spiro atoms. The minimum atomic E-state index is -0.686. The van der Waals surface area contributed by atoms with E-state index in [-0.39, 0.29) is 23.9 Å². The van der Waals surface area contributed by atoms with Crippen molar-refractivity contribution in [1.29, 1.82) is 5.26 Å². The van der Waals surface area contributed by atoms with E-state index < -0.39 is 11.6 Å². The van der Waals surface area contributed by atoms with E-state index in [4.69, 9.17) is 5.26 Å². The third kappa shape index (κ3) is 3.35. The first-order chi connectivity index (χ1) is 13.0. The number of nitrogens with zero attached hydrogens (tertiary/aromatic N) is 4. The maximum absolute atomic E-state index is 13.9. The fourth-order valence-electron chi connectivity index (χ4n) is 4.03. The molecule has 2 fully saturated rings. The van der Waals surface area contributed by atoms with Gasteiger partial charge in [-0.1, -0.05) is 6.07 Å². The number of likely N-dealkylation sites (tertiary alicyclic amines) is 1. The third-order valence-electron chi connectivity index (χ3n) is 5.43. The molecular formula is C20H18F2N4O. The molecule has 27 heavy (non-hydrogen) atoms. The summed E-state index contributed by atoms with van der Waals surface area (Å²) in [6.45, 7) is 2.13. The van der Waals surface area contributed by atoms with Gasteiger partial charge in [0.05, 0.1) is 18.0 Å². The van der Waals surface area contributed by atoms with Gasteiger partial charge in [-0.05, 0) is 30.2 Å². The van der Waals surface area contributed by atoms with Gasteiger partial charge in [-0.15, -0.1) is 0 Å². The predicted octanol–water partition coefficient (Wildman–Crippen LogP) is 2.51. The summed E-state index contributed by atoms with van der Waals surface area (Å²) in [4.78, 5) is 21.0. The highest BCUT2D eigenvalue weighted by molar-refractivity contribution is 5.79. The lowest BCUT2D eigenvalue weighted by Gasteiger charge is -2.25. The monoisotopic (exact) mass is 368 g/mol. The summed E-state index contributed by atoms with van der Waals surface area (Å²) in [7, 11) is 0. The molecule has 0 radical (unpaired) electrons. The normalized spacial score (nSPS) is 21.2. The smallest absolute Gasteiger partial charge is 0.227 e. The molecule has 138 valence electrons. The molecule has 0 N–H and O–H groups in total. The summed E-state index contributed by atoms with van der Waals surface area (Å²) in [5.74, 6) is -0.326. The van der Waals surface area contributed by atoms with Gasteiger partial charge in [0.2, 0.25) is 5.91 Å². The lowest BCUT2D eigenvalue weighted by molar-refractivity contribution is -0.131. The van der Waals surface area contributed by atoms with Crippen LogP contribution in [0.1, 0.15) is 17.5 Å². The highest BCUT2D eigenvalue weighted by Gasteiger charge is 2.43. The third-order valence-corrected chi connectivity index (χ3v) is 5.43. The van der Waals surface area contributed by atoms with E-state index in [1.54, 1.807) is 12.3 Å². The van der Waals surface area contributed by atoms with Crippen molar-refractivity contribution in [2.75, 3.05) is 24.5 Å². The van der Waals surface area contributed by atoms with Crippen LogP contribution in [0, 0.1) is 28.9 Å². The zero-order chi connectivity index (χ0) is 19.0. The fourth-order valence-corrected chi connectivity index (χ4v) is 4.03. The average Bonchev–Trinajstić information content (AvgIpc) is 3.24. The van der Waals surface area contributed by atoms with Crippen LogP contribution in [0.4, 0.5) is 14.6 Å². The maximum Gasteiger partial charge on any atom is 0.227 e. The number of nitriles is 1. The maximum atomic E-state index is 13.9. The van der Waals surface area contributed by atoms with Gasteiger partial charge in [-0.3, -0.25) is 4.79 Å². The van der Waals surface area contributed by atoms with Crippen LogP contribution in [0.25, 0.3) is 0 Å². The molecule has 1 aromatic carbocycles. The van der Waals surface area contributed by atoms with Crippen LogP contribution in [-0.2, 0) is 11.2 Å². The first-order valence-electron chi connectivity index (χ1n) is 8.89. The van der Waals surface area contributed by atoms with Crippen LogP contribution in [0.2, 0.25) is 0 Å². The minimum absolute atomic E-state index is 0.0650. The van der Waals surface area contributed by atoms with Crippen molar-refractivity contribution in [3.63, 3.8) is 0 Å². The van der Waals surface area contributed by atoms with Crippen LogP contribution in [0.5, 0.6) is 0 Å². The summed E-state index contributed by atoms with van der Waals surface area (Å²) in [5, 5.41) is 8.88. The van der Waals surface area contributed by atoms with Crippen LogP contribution in [0.15, 0.2) is 36.5 Å². The van der Waals surface area contributed by atoms with Gasteiger partial charge in [-0.2, -0.15) is 5.26 Å². The lowest BCUT2D eigenvalue weighted by atomic mass is 10.0. The van der Waals surface area contributed by atoms with Gasteiger partial charge in [0.15, 0.2) is 0 Å². The summed E-state index contributed by atoms with van der Waals surface area (Å²) in [6.07, 6.45) is 2.38. The summed E-state index contributed by atoms with van der Waals surface area (Å²) >= 11 is 0. The first-order valence-corrected chi connectivity index (χ1v) is 8.89. The number of carbonyl (C=O) groups is 1. The Morgan fingerprint density at radius 3 is 2.81 bits per heavy atom. The molecule has 0 aliphatic carbocycles. The molecule has 0 saturated carbocycles. The van der Waals surface area contributed by atoms with Crippen LogP contribution in [0.3, 0.4) is 0 Å². The molecule has 2 aliphatic heterocycles. The van der Waals surface area contributed by atoms with Gasteiger partial charge in [0, 0.05) is 37.8 Å². The predicted molar refractivity (Wildman–Crippen MR) is 94.8 cm³/mol. The Hall–Kier alpha value is -3.01. The van der Waals surface area contributed by atoms with Crippen molar-refractivity contribution in [3.05, 3.63) is 59.3 Å². The molecule has 7 heteroatoms. The molecule has 2 unspecified atom stereocenters. The summed E-state index contributed by atoms with van der Waals surface area (Å²) in [6, 6.07) is 8.98. The number of anilines is 1. The molecule has 5 nitrogen and oxygen atoms in total. The Labute approximate surface area is 155 Å². The van der Waals surface area contributed by atoms with Gasteiger partial charge >= 0.3 is 0 Å². The number of amides is 1. The summed E-state index contributed by atoms with van der Waals surface area (Å²) in [5.41, 5.74) is 0.727. The van der Waals surface area contributed by atoms with E-state index in [1.807, 2.05) is 17.0 Å². The SMILES string of the molecule is N#Cc1ccc(N2CC3CCN(C(=O)Cc4ccc(F)cc4F)C3C2)nc1. The van der Waals surface area contributed by atoms with Crippen LogP contribution < -0.4 is 4.90 Å². The van der Waals surface area contributed by atoms with E-state index >= 15 is 0 Å². The lowest BCUT2D eigenvalue weighted by Crippen LogP contribution is -2.40. The molecule has 2 atom stereocenters. The molecule has 1 aromatic heterocycles. The molecule has 2 aromatic rings. The fraction of sp³-hybridized carbons (Fsp3) is 0.350. The van der Waals surface area contributed by atoms with Gasteiger partial charge < -0.3 is 9.80 Å². The van der Waals surface area contributed by atoms with Gasteiger partial charge in [0.25, 0.3) is 0 Å². The number of halogens is 2. The summed E-state index contributed by atoms with van der Waals surface area (Å²) < 4.78 is 26.9. The second-order valence-electron chi connectivity index (χ2n) is 7.04. The topological polar surface area (TPSA) is 60.2 Å². The standard InChI is InChI=1S/C20H18F2N4O/c21-16-3-2-14(17(22)8-16)7-20(27)26-6-5-15-11-25(12-18(15)26)19-4-1-13(9-23)10-24-19/h1-4,8,10,15,18H,5-7,11-12H2. The second kappa shape index (κ2) is 6.95. The molecule has 4 rings (SSSR count). The molecule has 2 saturated heterocycles. The van der Waals surface area contributed by atoms with Gasteiger partial charge in [0.1, 0.15) is 23.5 Å². The Bertz CT molecular complexity index is 909. The van der Waals surface area contributed by atoms with Crippen molar-refractivity contribution in [2.45, 2.75) is 18.9 Å². The van der Waals surface area contributed by atoms with E-state index in [9.17, 15) is 13.6 Å². The molecule has 0 bridgehead atoms. The highest BCUT2D eigenvalue weighted by Crippen LogP contribution is 2.34. The number of carbonyl (C=O) groups excluding carboxylic acids is 1. The largest absolute Gasteiger partial charge is 0.354 e. The first kappa shape index (κ1) is 17.4. The van der Waals surface area contributed by atoms with E-state index in [0.717, 1.165) is 24.8 Å². The van der Waals surface area contributed by atoms with Crippen molar-refractivity contribution in [1.82, 2.24) is 9.88 Å². The molecule has 2 aliphatic rings. The number of pyridine rings is 1. The van der Waals surface area contributed by atoms with E-state index in [2.05, 4.69) is 9.88 Å². The van der Waals surface area contributed by atoms with E-state index in [0.29, 0.717) is 24.6 Å². The Balaban J connectivity index is 1.45. The minimum Gasteiger partial charge on any atom is -0.354 e. The Kier molecular flexibility index (Phi) is 4.48. The van der Waals surface area contributed by atoms with Crippen LogP contribution in [-0.4, -0.2) is 41.5 Å². The Morgan fingerprint density at radius 1 is 1.26 bits per heavy atom. The second-order valence-corrected chi connectivity index (χ2v) is 7.04. The molecule has 1 amide bonds. The number of rotatable bonds is 3. The van der Waals surface area contributed by atoms with Crippen LogP contribution >= 0.6 is 0 Å². The molecule has 3 heterocycles. The highest BCUT2D eigenvalue weighted by atomic mass is 19.1. The number of aromatic nitrogens is 1. The average molecular weight is 368 g/mol.